The van der Waals surface area contributed by atoms with Crippen molar-refractivity contribution >= 4 is 5.90 Å². The molecule has 0 aromatic heterocycles. The van der Waals surface area contributed by atoms with Gasteiger partial charge in [0.25, 0.3) is 0 Å². The van der Waals surface area contributed by atoms with Gasteiger partial charge in [-0.3, -0.25) is 0 Å². The van der Waals surface area contributed by atoms with Gasteiger partial charge in [-0.25, -0.2) is 0 Å². The van der Waals surface area contributed by atoms with E-state index >= 15 is 0 Å². The van der Waals surface area contributed by atoms with Crippen molar-refractivity contribution in [1.29, 1.82) is 0 Å². The van der Waals surface area contributed by atoms with E-state index in [1.807, 2.05) is 30.3 Å². The molecular formula is C9H11NO2. The van der Waals surface area contributed by atoms with Crippen LogP contribution in [0.3, 0.4) is 0 Å². The van der Waals surface area contributed by atoms with Crippen LogP contribution in [0.2, 0.25) is 0 Å². The first-order chi connectivity index (χ1) is 5.83. The van der Waals surface area contributed by atoms with Crippen molar-refractivity contribution in [3.63, 3.8) is 0 Å². The molecule has 0 saturated carbocycles. The van der Waals surface area contributed by atoms with Crippen LogP contribution in [0.1, 0.15) is 6.92 Å². The van der Waals surface area contributed by atoms with E-state index in [9.17, 15) is 0 Å². The van der Waals surface area contributed by atoms with E-state index in [0.717, 1.165) is 0 Å². The number of hydrogen-bond acceptors (Lipinski definition) is 3. The van der Waals surface area contributed by atoms with E-state index < -0.39 is 0 Å². The Balaban J connectivity index is 2.54. The predicted octanol–water partition coefficient (Wildman–Crippen LogP) is 2.05. The fraction of sp³-hybridized carbons (Fsp3) is 0.222. The Morgan fingerprint density at radius 1 is 1.25 bits per heavy atom. The highest BCUT2D eigenvalue weighted by molar-refractivity contribution is 5.72. The molecule has 1 rings (SSSR count). The molecule has 64 valence electrons. The molecule has 0 radical (unpaired) electrons. The molecule has 0 bridgehead atoms. The standard InChI is InChI=1S/C9H11NO2/c1-8(11-2)10-12-9-6-4-3-5-7-9/h3-7H,1-2H3/b10-8+. The van der Waals surface area contributed by atoms with Gasteiger partial charge < -0.3 is 9.57 Å². The van der Waals surface area contributed by atoms with Crippen LogP contribution in [0.5, 0.6) is 5.75 Å². The highest BCUT2D eigenvalue weighted by Gasteiger charge is 1.90. The lowest BCUT2D eigenvalue weighted by Gasteiger charge is -1.98. The monoisotopic (exact) mass is 165 g/mol. The fourth-order valence-corrected chi connectivity index (χ4v) is 0.636. The lowest BCUT2D eigenvalue weighted by atomic mass is 10.3. The molecule has 0 fully saturated rings. The van der Waals surface area contributed by atoms with E-state index in [0.29, 0.717) is 11.6 Å². The lowest BCUT2D eigenvalue weighted by molar-refractivity contribution is 0.304. The number of rotatable bonds is 2. The molecule has 0 aliphatic carbocycles. The first-order valence-corrected chi connectivity index (χ1v) is 3.63. The minimum absolute atomic E-state index is 0.499. The number of ether oxygens (including phenoxy) is 1. The van der Waals surface area contributed by atoms with Gasteiger partial charge in [0.15, 0.2) is 5.75 Å². The van der Waals surface area contributed by atoms with Crippen LogP contribution in [0.15, 0.2) is 35.5 Å². The summed E-state index contributed by atoms with van der Waals surface area (Å²) in [6.07, 6.45) is 0. The third kappa shape index (κ3) is 2.62. The van der Waals surface area contributed by atoms with Gasteiger partial charge in [-0.05, 0) is 17.3 Å². The van der Waals surface area contributed by atoms with Crippen LogP contribution >= 0.6 is 0 Å². The van der Waals surface area contributed by atoms with E-state index in [1.165, 1.54) is 0 Å². The number of nitrogens with zero attached hydrogens (tertiary/aromatic N) is 1. The van der Waals surface area contributed by atoms with Gasteiger partial charge in [0, 0.05) is 6.92 Å². The van der Waals surface area contributed by atoms with Crippen molar-refractivity contribution < 1.29 is 9.57 Å². The SMILES string of the molecule is CO/C(C)=N/Oc1ccccc1. The third-order valence-corrected chi connectivity index (χ3v) is 1.32. The van der Waals surface area contributed by atoms with Crippen molar-refractivity contribution in [2.75, 3.05) is 7.11 Å². The predicted molar refractivity (Wildman–Crippen MR) is 47.2 cm³/mol. The van der Waals surface area contributed by atoms with Gasteiger partial charge in [0.05, 0.1) is 7.11 Å². The van der Waals surface area contributed by atoms with E-state index in [-0.39, 0.29) is 0 Å². The zero-order valence-corrected chi connectivity index (χ0v) is 7.15. The van der Waals surface area contributed by atoms with Gasteiger partial charge in [0.1, 0.15) is 0 Å². The second-order valence-electron chi connectivity index (χ2n) is 2.22. The van der Waals surface area contributed by atoms with Gasteiger partial charge >= 0.3 is 0 Å². The van der Waals surface area contributed by atoms with Gasteiger partial charge in [0.2, 0.25) is 5.90 Å². The van der Waals surface area contributed by atoms with Gasteiger partial charge in [-0.15, -0.1) is 0 Å². The Kier molecular flexibility index (Phi) is 3.14. The Morgan fingerprint density at radius 2 is 1.92 bits per heavy atom. The molecule has 0 spiro atoms. The molecule has 0 atom stereocenters. The number of methoxy groups -OCH3 is 1. The van der Waals surface area contributed by atoms with Crippen molar-refractivity contribution in [2.45, 2.75) is 6.92 Å². The average Bonchev–Trinajstić information content (AvgIpc) is 2.16. The van der Waals surface area contributed by atoms with Crippen molar-refractivity contribution in [3.8, 4) is 5.75 Å². The largest absolute Gasteiger partial charge is 0.482 e. The molecule has 0 N–H and O–H groups in total. The average molecular weight is 165 g/mol. The maximum atomic E-state index is 5.02. The topological polar surface area (TPSA) is 30.8 Å². The molecule has 3 heteroatoms. The quantitative estimate of drug-likeness (QED) is 0.381. The summed E-state index contributed by atoms with van der Waals surface area (Å²) in [5, 5.41) is 3.71. The molecule has 0 aliphatic heterocycles. The maximum Gasteiger partial charge on any atom is 0.222 e. The summed E-state index contributed by atoms with van der Waals surface area (Å²) < 4.78 is 4.80. The first kappa shape index (κ1) is 8.59. The zero-order chi connectivity index (χ0) is 8.81. The minimum atomic E-state index is 0.499. The fourth-order valence-electron chi connectivity index (χ4n) is 0.636. The molecule has 0 amide bonds. The second-order valence-corrected chi connectivity index (χ2v) is 2.22. The summed E-state index contributed by atoms with van der Waals surface area (Å²) in [5.41, 5.74) is 0. The highest BCUT2D eigenvalue weighted by atomic mass is 16.6. The third-order valence-electron chi connectivity index (χ3n) is 1.32. The van der Waals surface area contributed by atoms with Crippen LogP contribution in [-0.4, -0.2) is 13.0 Å². The highest BCUT2D eigenvalue weighted by Crippen LogP contribution is 2.08. The summed E-state index contributed by atoms with van der Waals surface area (Å²) in [4.78, 5) is 5.02. The summed E-state index contributed by atoms with van der Waals surface area (Å²) in [7, 11) is 1.55. The van der Waals surface area contributed by atoms with Gasteiger partial charge in [-0.2, -0.15) is 0 Å². The van der Waals surface area contributed by atoms with Gasteiger partial charge in [-0.1, -0.05) is 18.2 Å². The normalized spacial score (nSPS) is 11.0. The Hall–Kier alpha value is -1.51. The smallest absolute Gasteiger partial charge is 0.222 e. The van der Waals surface area contributed by atoms with Crippen molar-refractivity contribution in [1.82, 2.24) is 0 Å². The van der Waals surface area contributed by atoms with Crippen molar-refractivity contribution in [3.05, 3.63) is 30.3 Å². The van der Waals surface area contributed by atoms with Crippen molar-refractivity contribution in [2.24, 2.45) is 5.16 Å². The lowest BCUT2D eigenvalue weighted by Crippen LogP contribution is -1.96. The Bertz CT molecular complexity index is 256. The summed E-state index contributed by atoms with van der Waals surface area (Å²) in [6, 6.07) is 9.33. The minimum Gasteiger partial charge on any atom is -0.482 e. The number of para-hydroxylation sites is 1. The van der Waals surface area contributed by atoms with E-state index in [1.54, 1.807) is 14.0 Å². The van der Waals surface area contributed by atoms with Crippen LogP contribution in [-0.2, 0) is 4.74 Å². The number of benzene rings is 1. The molecule has 12 heavy (non-hydrogen) atoms. The van der Waals surface area contributed by atoms with Crippen LogP contribution in [0, 0.1) is 0 Å². The molecule has 0 heterocycles. The van der Waals surface area contributed by atoms with Crippen LogP contribution in [0.25, 0.3) is 0 Å². The van der Waals surface area contributed by atoms with Crippen LogP contribution in [0.4, 0.5) is 0 Å². The summed E-state index contributed by atoms with van der Waals surface area (Å²) >= 11 is 0. The number of hydrogen-bond donors (Lipinski definition) is 0. The molecule has 0 unspecified atom stereocenters. The first-order valence-electron chi connectivity index (χ1n) is 3.63. The van der Waals surface area contributed by atoms with Crippen LogP contribution < -0.4 is 4.84 Å². The molecule has 1 aromatic rings. The van der Waals surface area contributed by atoms with E-state index in [2.05, 4.69) is 5.16 Å². The Morgan fingerprint density at radius 3 is 2.50 bits per heavy atom. The molecule has 3 nitrogen and oxygen atoms in total. The Labute approximate surface area is 71.6 Å². The number of oxime groups is 1. The molecule has 0 saturated heterocycles. The maximum absolute atomic E-state index is 5.02. The van der Waals surface area contributed by atoms with E-state index in [4.69, 9.17) is 9.57 Å². The summed E-state index contributed by atoms with van der Waals surface area (Å²) in [6.45, 7) is 1.73. The zero-order valence-electron chi connectivity index (χ0n) is 7.15. The second kappa shape index (κ2) is 4.38. The summed E-state index contributed by atoms with van der Waals surface area (Å²) in [5.74, 6) is 1.20. The molecule has 1 aromatic carbocycles. The molecule has 0 aliphatic rings. The molecular weight excluding hydrogens is 154 g/mol.